The number of carboxylic acids is 1. The summed E-state index contributed by atoms with van der Waals surface area (Å²) >= 11 is 1.55. The lowest BCUT2D eigenvalue weighted by Gasteiger charge is -2.30. The number of nitrogens with zero attached hydrogens (tertiary/aromatic N) is 3. The number of aliphatic hydroxyl groups is 3. The maximum Gasteiger partial charge on any atom is 0.356 e. The summed E-state index contributed by atoms with van der Waals surface area (Å²) < 4.78 is 1.84. The largest absolute Gasteiger partial charge is 0.476 e. The number of hydrogen-bond acceptors (Lipinski definition) is 7. The van der Waals surface area contributed by atoms with Crippen molar-refractivity contribution >= 4 is 22.3 Å². The smallest absolute Gasteiger partial charge is 0.356 e. The molecule has 0 aliphatic heterocycles. The van der Waals surface area contributed by atoms with Crippen LogP contribution in [0, 0.1) is 6.92 Å². The first-order chi connectivity index (χ1) is 11.1. The predicted octanol–water partition coefficient (Wildman–Crippen LogP) is 1.27. The molecule has 0 fully saturated rings. The summed E-state index contributed by atoms with van der Waals surface area (Å²) in [5.74, 6) is -0.974. The van der Waals surface area contributed by atoms with Gasteiger partial charge in [-0.3, -0.25) is 4.40 Å². The Bertz CT molecular complexity index is 659. The Morgan fingerprint density at radius 1 is 1.25 bits per heavy atom. The molecule has 9 heteroatoms. The van der Waals surface area contributed by atoms with Crippen LogP contribution in [0.25, 0.3) is 4.96 Å². The quantitative estimate of drug-likeness (QED) is 0.594. The molecule has 2 heterocycles. The first-order valence-electron chi connectivity index (χ1n) is 7.62. The lowest BCUT2D eigenvalue weighted by Crippen LogP contribution is -2.45. The summed E-state index contributed by atoms with van der Waals surface area (Å²) in [7, 11) is 0. The van der Waals surface area contributed by atoms with E-state index in [9.17, 15) is 4.79 Å². The first-order valence-corrected chi connectivity index (χ1v) is 8.44. The molecule has 0 saturated heterocycles. The molecule has 8 nitrogen and oxygen atoms in total. The minimum absolute atomic E-state index is 0.113. The average molecular weight is 359 g/mol. The highest BCUT2D eigenvalue weighted by Gasteiger charge is 2.20. The fourth-order valence-corrected chi connectivity index (χ4v) is 3.40. The van der Waals surface area contributed by atoms with Crippen molar-refractivity contribution in [3.05, 3.63) is 22.5 Å². The summed E-state index contributed by atoms with van der Waals surface area (Å²) in [4.78, 5) is 17.9. The molecule has 0 amide bonds. The van der Waals surface area contributed by atoms with Crippen LogP contribution in [-0.4, -0.2) is 59.4 Å². The molecule has 2 aromatic heterocycles. The highest BCUT2D eigenvalue weighted by molar-refractivity contribution is 7.17. The Labute approximate surface area is 144 Å². The average Bonchev–Trinajstić information content (AvgIpc) is 2.98. The first kappa shape index (κ1) is 20.5. The van der Waals surface area contributed by atoms with Crippen LogP contribution in [0.4, 0.5) is 0 Å². The van der Waals surface area contributed by atoms with E-state index in [0.717, 1.165) is 17.1 Å². The van der Waals surface area contributed by atoms with Crippen molar-refractivity contribution in [3.8, 4) is 0 Å². The van der Waals surface area contributed by atoms with Gasteiger partial charge in [-0.05, 0) is 34.1 Å². The molecular formula is C15H25N3O5S. The Balaban J connectivity index is 0.000000257. The highest BCUT2D eigenvalue weighted by atomic mass is 32.1. The third-order valence-corrected chi connectivity index (χ3v) is 4.79. The van der Waals surface area contributed by atoms with Gasteiger partial charge in [-0.25, -0.2) is 14.7 Å². The van der Waals surface area contributed by atoms with E-state index < -0.39 is 24.7 Å². The topological polar surface area (TPSA) is 119 Å². The van der Waals surface area contributed by atoms with Crippen molar-refractivity contribution in [2.24, 2.45) is 0 Å². The van der Waals surface area contributed by atoms with Crippen LogP contribution in [0.5, 0.6) is 0 Å². The molecule has 3 atom stereocenters. The number of aromatic nitrogens is 2. The van der Waals surface area contributed by atoms with Gasteiger partial charge in [-0.15, -0.1) is 11.3 Å². The molecule has 0 bridgehead atoms. The number of aromatic carboxylic acids is 1. The summed E-state index contributed by atoms with van der Waals surface area (Å²) in [6.45, 7) is 8.52. The minimum Gasteiger partial charge on any atom is -0.476 e. The molecule has 2 aromatic rings. The number of aryl methyl sites for hydroxylation is 2. The lowest BCUT2D eigenvalue weighted by molar-refractivity contribution is -0.159. The molecule has 0 spiro atoms. The van der Waals surface area contributed by atoms with Crippen LogP contribution in [0.3, 0.4) is 0 Å². The van der Waals surface area contributed by atoms with Gasteiger partial charge in [-0.1, -0.05) is 6.92 Å². The number of rotatable bonds is 5. The molecule has 24 heavy (non-hydrogen) atoms. The molecular weight excluding hydrogens is 334 g/mol. The SMILES string of the molecule is CC(O)N(C(C)O)C(C)O.CCc1sc2nc(C(=O)O)cn2c1C. The van der Waals surface area contributed by atoms with Crippen LogP contribution in [0.1, 0.15) is 48.8 Å². The molecule has 136 valence electrons. The predicted molar refractivity (Wildman–Crippen MR) is 91.0 cm³/mol. The minimum atomic E-state index is -0.974. The second kappa shape index (κ2) is 8.54. The zero-order valence-corrected chi connectivity index (χ0v) is 15.3. The standard InChI is InChI=1S/C9H10N2O2S.C6H15NO3/c1-3-7-5(2)11-4-6(8(12)13)10-9(11)14-7;1-4(8)7(5(2)9)6(3)10/h4H,3H2,1-2H3,(H,12,13);4-6,8-10H,1-3H3. The van der Waals surface area contributed by atoms with Gasteiger partial charge >= 0.3 is 5.97 Å². The fraction of sp³-hybridized carbons (Fsp3) is 0.600. The van der Waals surface area contributed by atoms with E-state index >= 15 is 0 Å². The van der Waals surface area contributed by atoms with Gasteiger partial charge in [-0.2, -0.15) is 0 Å². The van der Waals surface area contributed by atoms with Gasteiger partial charge in [0.2, 0.25) is 0 Å². The van der Waals surface area contributed by atoms with Gasteiger partial charge in [0.25, 0.3) is 0 Å². The maximum atomic E-state index is 10.7. The van der Waals surface area contributed by atoms with E-state index in [-0.39, 0.29) is 5.69 Å². The van der Waals surface area contributed by atoms with E-state index in [0.29, 0.717) is 0 Å². The Morgan fingerprint density at radius 2 is 1.75 bits per heavy atom. The molecule has 0 aromatic carbocycles. The van der Waals surface area contributed by atoms with Crippen LogP contribution in [0.15, 0.2) is 6.20 Å². The van der Waals surface area contributed by atoms with Gasteiger partial charge in [0.1, 0.15) is 18.7 Å². The molecule has 0 radical (unpaired) electrons. The summed E-state index contributed by atoms with van der Waals surface area (Å²) in [5.41, 5.74) is 1.20. The van der Waals surface area contributed by atoms with Crippen molar-refractivity contribution in [2.45, 2.75) is 59.7 Å². The number of hydrogen-bond donors (Lipinski definition) is 4. The second-order valence-electron chi connectivity index (χ2n) is 5.39. The van der Waals surface area contributed by atoms with E-state index in [1.54, 1.807) is 17.5 Å². The molecule has 0 aliphatic rings. The van der Waals surface area contributed by atoms with Crippen molar-refractivity contribution in [1.82, 2.24) is 14.3 Å². The second-order valence-corrected chi connectivity index (χ2v) is 6.45. The number of carbonyl (C=O) groups is 1. The van der Waals surface area contributed by atoms with Crippen molar-refractivity contribution in [1.29, 1.82) is 0 Å². The van der Waals surface area contributed by atoms with Gasteiger partial charge in [0.15, 0.2) is 10.7 Å². The van der Waals surface area contributed by atoms with Crippen molar-refractivity contribution in [2.75, 3.05) is 0 Å². The molecule has 2 rings (SSSR count). The molecule has 3 unspecified atom stereocenters. The maximum absolute atomic E-state index is 10.7. The number of carboxylic acid groups (broad SMARTS) is 1. The molecule has 4 N–H and O–H groups in total. The van der Waals surface area contributed by atoms with Gasteiger partial charge in [0, 0.05) is 16.8 Å². The number of thiazole rings is 1. The number of imidazole rings is 1. The number of fused-ring (bicyclic) bond motifs is 1. The number of aliphatic hydroxyl groups excluding tert-OH is 3. The van der Waals surface area contributed by atoms with Crippen LogP contribution in [-0.2, 0) is 6.42 Å². The summed E-state index contributed by atoms with van der Waals surface area (Å²) in [6.07, 6.45) is 0.0327. The van der Waals surface area contributed by atoms with Crippen molar-refractivity contribution in [3.63, 3.8) is 0 Å². The van der Waals surface area contributed by atoms with Crippen molar-refractivity contribution < 1.29 is 25.2 Å². The molecule has 0 aliphatic carbocycles. The van der Waals surface area contributed by atoms with Crippen LogP contribution in [0.2, 0.25) is 0 Å². The zero-order valence-electron chi connectivity index (χ0n) is 14.5. The van der Waals surface area contributed by atoms with E-state index in [4.69, 9.17) is 20.4 Å². The normalized spacial score (nSPS) is 15.0. The lowest BCUT2D eigenvalue weighted by atomic mass is 10.3. The molecule has 0 saturated carbocycles. The van der Waals surface area contributed by atoms with E-state index in [1.807, 2.05) is 11.3 Å². The van der Waals surface area contributed by atoms with E-state index in [1.165, 1.54) is 30.5 Å². The van der Waals surface area contributed by atoms with Gasteiger partial charge in [0.05, 0.1) is 0 Å². The third-order valence-electron chi connectivity index (χ3n) is 3.49. The highest BCUT2D eigenvalue weighted by Crippen LogP contribution is 2.23. The van der Waals surface area contributed by atoms with E-state index in [2.05, 4.69) is 11.9 Å². The summed E-state index contributed by atoms with van der Waals surface area (Å²) in [6, 6.07) is 0. The fourth-order valence-electron chi connectivity index (χ4n) is 2.36. The Hall–Kier alpha value is -1.52. The van der Waals surface area contributed by atoms with Gasteiger partial charge < -0.3 is 20.4 Å². The Morgan fingerprint density at radius 3 is 2.04 bits per heavy atom. The monoisotopic (exact) mass is 359 g/mol. The zero-order chi connectivity index (χ0) is 18.6. The van der Waals surface area contributed by atoms with Crippen LogP contribution < -0.4 is 0 Å². The Kier molecular flexibility index (Phi) is 7.30. The van der Waals surface area contributed by atoms with Crippen LogP contribution >= 0.6 is 11.3 Å². The third kappa shape index (κ3) is 4.74. The summed E-state index contributed by atoms with van der Waals surface area (Å²) in [5, 5.41) is 35.6.